The minimum atomic E-state index is -0.700. The predicted molar refractivity (Wildman–Crippen MR) is 117 cm³/mol. The molecule has 0 aliphatic carbocycles. The molecule has 0 fully saturated rings. The molecule has 0 heterocycles. The van der Waals surface area contributed by atoms with Crippen LogP contribution in [0.1, 0.15) is 33.9 Å². The second-order valence-corrected chi connectivity index (χ2v) is 7.31. The molecule has 0 radical (unpaired) electrons. The molecule has 0 aliphatic rings. The monoisotopic (exact) mass is 407 g/mol. The Kier molecular flexibility index (Phi) is 8.41. The van der Waals surface area contributed by atoms with Crippen molar-refractivity contribution in [3.8, 4) is 5.75 Å². The molecule has 0 saturated heterocycles. The van der Waals surface area contributed by atoms with Crippen LogP contribution in [0.4, 0.5) is 0 Å². The Morgan fingerprint density at radius 1 is 0.833 bits per heavy atom. The van der Waals surface area contributed by atoms with E-state index in [0.717, 1.165) is 24.1 Å². The van der Waals surface area contributed by atoms with E-state index in [9.17, 15) is 15.3 Å². The van der Waals surface area contributed by atoms with Crippen LogP contribution in [0.3, 0.4) is 0 Å². The van der Waals surface area contributed by atoms with Gasteiger partial charge in [-0.1, -0.05) is 60.7 Å². The Balaban J connectivity index is 1.41. The van der Waals surface area contributed by atoms with Crippen LogP contribution in [0.5, 0.6) is 5.75 Å². The van der Waals surface area contributed by atoms with Gasteiger partial charge >= 0.3 is 0 Å². The van der Waals surface area contributed by atoms with E-state index in [-0.39, 0.29) is 12.4 Å². The number of phenols is 1. The van der Waals surface area contributed by atoms with Crippen LogP contribution in [0, 0.1) is 0 Å². The van der Waals surface area contributed by atoms with E-state index in [0.29, 0.717) is 30.9 Å². The zero-order valence-corrected chi connectivity index (χ0v) is 17.0. The van der Waals surface area contributed by atoms with Crippen LogP contribution < -0.4 is 5.32 Å². The highest BCUT2D eigenvalue weighted by atomic mass is 16.5. The highest BCUT2D eigenvalue weighted by Crippen LogP contribution is 2.22. The fraction of sp³-hybridized carbons (Fsp3) is 0.280. The van der Waals surface area contributed by atoms with Crippen molar-refractivity contribution in [1.82, 2.24) is 5.32 Å². The van der Waals surface area contributed by atoms with E-state index in [4.69, 9.17) is 4.74 Å². The molecule has 3 rings (SSSR count). The average Bonchev–Trinajstić information content (AvgIpc) is 2.78. The van der Waals surface area contributed by atoms with Crippen molar-refractivity contribution in [1.29, 1.82) is 0 Å². The number of aromatic hydroxyl groups is 1. The van der Waals surface area contributed by atoms with Crippen molar-refractivity contribution in [3.05, 3.63) is 101 Å². The third-order valence-electron chi connectivity index (χ3n) is 4.96. The van der Waals surface area contributed by atoms with Gasteiger partial charge in [0.2, 0.25) is 0 Å². The third-order valence-corrected chi connectivity index (χ3v) is 4.96. The number of aliphatic hydroxyl groups excluding tert-OH is 2. The van der Waals surface area contributed by atoms with Crippen molar-refractivity contribution in [3.63, 3.8) is 0 Å². The molecule has 3 aromatic rings. The van der Waals surface area contributed by atoms with Gasteiger partial charge in [-0.25, -0.2) is 0 Å². The molecule has 0 aliphatic heterocycles. The third kappa shape index (κ3) is 6.68. The summed E-state index contributed by atoms with van der Waals surface area (Å²) in [5.74, 6) is 0.0361. The molecule has 3 aromatic carbocycles. The summed E-state index contributed by atoms with van der Waals surface area (Å²) in [7, 11) is 0. The number of hydrogen-bond acceptors (Lipinski definition) is 5. The van der Waals surface area contributed by atoms with E-state index >= 15 is 0 Å². The number of benzene rings is 3. The summed E-state index contributed by atoms with van der Waals surface area (Å²) in [5.41, 5.74) is 4.60. The molecule has 5 nitrogen and oxygen atoms in total. The van der Waals surface area contributed by atoms with E-state index in [1.165, 1.54) is 11.6 Å². The fourth-order valence-corrected chi connectivity index (χ4v) is 3.26. The lowest BCUT2D eigenvalue weighted by Crippen LogP contribution is -2.23. The first kappa shape index (κ1) is 22.0. The topological polar surface area (TPSA) is 82.0 Å². The first-order valence-electron chi connectivity index (χ1n) is 10.2. The lowest BCUT2D eigenvalue weighted by atomic mass is 10.0. The Bertz CT molecular complexity index is 914. The largest absolute Gasteiger partial charge is 0.508 e. The summed E-state index contributed by atoms with van der Waals surface area (Å²) < 4.78 is 5.81. The second-order valence-electron chi connectivity index (χ2n) is 7.31. The maximum absolute atomic E-state index is 10.3. The van der Waals surface area contributed by atoms with E-state index < -0.39 is 6.10 Å². The van der Waals surface area contributed by atoms with Crippen LogP contribution in [-0.4, -0.2) is 28.4 Å². The minimum absolute atomic E-state index is 0.0361. The zero-order chi connectivity index (χ0) is 21.2. The molecule has 4 N–H and O–H groups in total. The van der Waals surface area contributed by atoms with Crippen molar-refractivity contribution in [2.24, 2.45) is 0 Å². The SMILES string of the molecule is OCc1cc(C(O)CNCCc2cccc(COCc3ccccc3)c2)ccc1O. The summed E-state index contributed by atoms with van der Waals surface area (Å²) in [6, 6.07) is 23.3. The molecule has 1 atom stereocenters. The molecule has 0 aromatic heterocycles. The van der Waals surface area contributed by atoms with Crippen LogP contribution in [0.25, 0.3) is 0 Å². The first-order chi connectivity index (χ1) is 14.7. The highest BCUT2D eigenvalue weighted by molar-refractivity contribution is 5.36. The fourth-order valence-electron chi connectivity index (χ4n) is 3.26. The number of nitrogens with one attached hydrogen (secondary N) is 1. The second kappa shape index (κ2) is 11.5. The van der Waals surface area contributed by atoms with Gasteiger partial charge in [-0.2, -0.15) is 0 Å². The molecule has 0 saturated carbocycles. The molecular weight excluding hydrogens is 378 g/mol. The highest BCUT2D eigenvalue weighted by Gasteiger charge is 2.10. The lowest BCUT2D eigenvalue weighted by molar-refractivity contribution is 0.107. The maximum Gasteiger partial charge on any atom is 0.121 e. The Labute approximate surface area is 177 Å². The van der Waals surface area contributed by atoms with Gasteiger partial charge in [0.25, 0.3) is 0 Å². The maximum atomic E-state index is 10.3. The Morgan fingerprint density at radius 3 is 2.37 bits per heavy atom. The normalized spacial score (nSPS) is 12.1. The number of aliphatic hydroxyl groups is 2. The molecule has 5 heteroatoms. The number of hydrogen-bond donors (Lipinski definition) is 4. The van der Waals surface area contributed by atoms with Crippen LogP contribution in [0.15, 0.2) is 72.8 Å². The summed E-state index contributed by atoms with van der Waals surface area (Å²) >= 11 is 0. The smallest absolute Gasteiger partial charge is 0.121 e. The molecule has 0 spiro atoms. The van der Waals surface area contributed by atoms with Crippen molar-refractivity contribution < 1.29 is 20.1 Å². The minimum Gasteiger partial charge on any atom is -0.508 e. The van der Waals surface area contributed by atoms with Gasteiger partial charge in [-0.3, -0.25) is 0 Å². The van der Waals surface area contributed by atoms with Crippen molar-refractivity contribution >= 4 is 0 Å². The summed E-state index contributed by atoms with van der Waals surface area (Å²) in [6.45, 7) is 2.04. The van der Waals surface area contributed by atoms with Gasteiger partial charge in [0.05, 0.1) is 25.9 Å². The van der Waals surface area contributed by atoms with Crippen LogP contribution in [0.2, 0.25) is 0 Å². The van der Waals surface area contributed by atoms with E-state index in [2.05, 4.69) is 35.6 Å². The Hall–Kier alpha value is -2.70. The molecule has 0 bridgehead atoms. The quantitative estimate of drug-likeness (QED) is 0.366. The predicted octanol–water partition coefficient (Wildman–Crippen LogP) is 3.47. The lowest BCUT2D eigenvalue weighted by Gasteiger charge is -2.14. The number of rotatable bonds is 11. The van der Waals surface area contributed by atoms with Gasteiger partial charge in [-0.05, 0) is 47.4 Å². The van der Waals surface area contributed by atoms with Crippen LogP contribution in [-0.2, 0) is 31.0 Å². The van der Waals surface area contributed by atoms with Gasteiger partial charge in [0.1, 0.15) is 5.75 Å². The standard InChI is InChI=1S/C25H29NO4/c27-16-23-14-22(9-10-24(23)28)25(29)15-26-12-11-19-7-4-8-21(13-19)18-30-17-20-5-2-1-3-6-20/h1-10,13-14,25-29H,11-12,15-18H2. The molecule has 158 valence electrons. The molecular formula is C25H29NO4. The number of ether oxygens (including phenoxy) is 1. The summed E-state index contributed by atoms with van der Waals surface area (Å²) in [5, 5.41) is 32.4. The van der Waals surface area contributed by atoms with Gasteiger partial charge in [0, 0.05) is 12.1 Å². The molecule has 1 unspecified atom stereocenters. The van der Waals surface area contributed by atoms with Crippen molar-refractivity contribution in [2.45, 2.75) is 32.3 Å². The Morgan fingerprint density at radius 2 is 1.57 bits per heavy atom. The molecule has 30 heavy (non-hydrogen) atoms. The van der Waals surface area contributed by atoms with Gasteiger partial charge in [-0.15, -0.1) is 0 Å². The zero-order valence-electron chi connectivity index (χ0n) is 17.0. The van der Waals surface area contributed by atoms with E-state index in [1.807, 2.05) is 24.3 Å². The van der Waals surface area contributed by atoms with Crippen LogP contribution >= 0.6 is 0 Å². The first-order valence-corrected chi connectivity index (χ1v) is 10.2. The average molecular weight is 408 g/mol. The van der Waals surface area contributed by atoms with Gasteiger partial charge in [0.15, 0.2) is 0 Å². The summed E-state index contributed by atoms with van der Waals surface area (Å²) in [6.07, 6.45) is 0.144. The molecule has 0 amide bonds. The van der Waals surface area contributed by atoms with E-state index in [1.54, 1.807) is 12.1 Å². The summed E-state index contributed by atoms with van der Waals surface area (Å²) in [4.78, 5) is 0. The van der Waals surface area contributed by atoms with Gasteiger partial charge < -0.3 is 25.4 Å². The van der Waals surface area contributed by atoms with Crippen molar-refractivity contribution in [2.75, 3.05) is 13.1 Å².